The summed E-state index contributed by atoms with van der Waals surface area (Å²) in [5.41, 5.74) is 5.96. The van der Waals surface area contributed by atoms with Crippen LogP contribution in [0.4, 0.5) is 0 Å². The number of hydrogen-bond acceptors (Lipinski definition) is 1. The Balaban J connectivity index is 1.25. The third kappa shape index (κ3) is 0.359. The Hall–Kier alpha value is -0.651. The summed E-state index contributed by atoms with van der Waals surface area (Å²) in [4.78, 5) is 13.4. The van der Waals surface area contributed by atoms with Crippen LogP contribution < -0.4 is 10.6 Å². The summed E-state index contributed by atoms with van der Waals surface area (Å²) in [7, 11) is 4.60. The first-order chi connectivity index (χ1) is 15.5. The van der Waals surface area contributed by atoms with Crippen LogP contribution in [0.15, 0.2) is 36.4 Å². The van der Waals surface area contributed by atoms with Crippen molar-refractivity contribution in [1.29, 1.82) is 0 Å². The molecule has 3 heteroatoms. The summed E-state index contributed by atoms with van der Waals surface area (Å²) in [6.07, 6.45) is 0. The summed E-state index contributed by atoms with van der Waals surface area (Å²) in [5.74, 6) is 0. The normalized spacial score (nSPS) is 70.7. The van der Waals surface area contributed by atoms with Gasteiger partial charge in [-0.2, -0.15) is 0 Å². The quantitative estimate of drug-likeness (QED) is 0.319. The van der Waals surface area contributed by atoms with E-state index in [2.05, 4.69) is 90.0 Å². The molecule has 6 atom stereocenters. The predicted octanol–water partition coefficient (Wildman–Crippen LogP) is 6.97. The van der Waals surface area contributed by atoms with Gasteiger partial charge in [0.2, 0.25) is 0 Å². The van der Waals surface area contributed by atoms with E-state index in [0.29, 0.717) is 0 Å². The first-order valence-electron chi connectivity index (χ1n) is 13.3. The van der Waals surface area contributed by atoms with Crippen LogP contribution in [-0.4, -0.2) is 29.1 Å². The number of fused-ring (bicyclic) bond motifs is 10. The molecule has 0 aromatic heterocycles. The maximum absolute atomic E-state index is 3.59. The molecule has 2 aromatic rings. The van der Waals surface area contributed by atoms with Gasteiger partial charge < -0.3 is 0 Å². The maximum atomic E-state index is 2.71. The molecule has 33 heavy (non-hydrogen) atoms. The van der Waals surface area contributed by atoms with Gasteiger partial charge in [0.05, 0.1) is 0 Å². The molecule has 2 aromatic carbocycles. The zero-order valence-electron chi connectivity index (χ0n) is 20.9. The van der Waals surface area contributed by atoms with Crippen LogP contribution in [0.25, 0.3) is 0 Å². The second kappa shape index (κ2) is 2.25. The molecule has 174 valence electrons. The topological polar surface area (TPSA) is 3.24 Å². The van der Waals surface area contributed by atoms with Crippen LogP contribution in [-0.2, 0) is 6.51 Å². The molecule has 1 spiro atoms. The molecule has 10 heterocycles. The summed E-state index contributed by atoms with van der Waals surface area (Å²) < 4.78 is 1.64. The van der Waals surface area contributed by atoms with Gasteiger partial charge in [-0.25, -0.2) is 0 Å². The van der Waals surface area contributed by atoms with Gasteiger partial charge in [0.1, 0.15) is 0 Å². The molecule has 0 saturated carbocycles. The van der Waals surface area contributed by atoms with Crippen molar-refractivity contribution in [2.24, 2.45) is 0 Å². The first kappa shape index (κ1) is 16.9. The van der Waals surface area contributed by atoms with E-state index >= 15 is 0 Å². The molecule has 0 amide bonds. The van der Waals surface area contributed by atoms with Crippen molar-refractivity contribution in [2.45, 2.75) is 87.6 Å². The van der Waals surface area contributed by atoms with Crippen molar-refractivity contribution in [3.8, 4) is 0 Å². The van der Waals surface area contributed by atoms with E-state index in [9.17, 15) is 0 Å². The minimum absolute atomic E-state index is 0.266. The fourth-order valence-electron chi connectivity index (χ4n) is 21.5. The Kier molecular flexibility index (Phi) is 1.15. The van der Waals surface area contributed by atoms with Gasteiger partial charge in [-0.3, -0.25) is 0 Å². The fraction of sp³-hybridized carbons (Fsp3) is 0.600. The molecule has 10 fully saturated rings. The van der Waals surface area contributed by atoms with E-state index in [1.807, 2.05) is 0 Å². The van der Waals surface area contributed by atoms with Crippen molar-refractivity contribution >= 4 is 18.5 Å². The van der Waals surface area contributed by atoms with Crippen LogP contribution in [0.5, 0.6) is 0 Å². The summed E-state index contributed by atoms with van der Waals surface area (Å²) in [6.45, 7) is 8.51. The van der Waals surface area contributed by atoms with E-state index in [-0.39, 0.29) is 7.92 Å². The van der Waals surface area contributed by atoms with Crippen LogP contribution >= 0.6 is 7.92 Å². The number of benzene rings is 2. The van der Waals surface area contributed by atoms with E-state index in [1.54, 1.807) is 10.6 Å². The van der Waals surface area contributed by atoms with Gasteiger partial charge in [-0.05, 0) is 0 Å². The average molecular weight is 497 g/mol. The zero-order valence-corrected chi connectivity index (χ0v) is 22.9. The molecule has 0 bridgehead atoms. The molecule has 0 aliphatic carbocycles. The fourth-order valence-corrected chi connectivity index (χ4v) is 114. The SMILES string of the molecule is Cc1cc(C)cc(P(c2cc(C)cc(C)c2)[C]23[CH]4[CH]5[CH]6[C@@]2([C@H](C)N(C)C)[Fe]54632789[CH]3[CH]2[CH]7[CH]8[CH]39)c1. The number of rotatable bonds is 5. The van der Waals surface area contributed by atoms with Gasteiger partial charge in [-0.15, -0.1) is 0 Å². The zero-order chi connectivity index (χ0) is 22.4. The Bertz CT molecular complexity index is 1710. The van der Waals surface area contributed by atoms with E-state index in [1.165, 1.54) is 60.8 Å². The predicted molar refractivity (Wildman–Crippen MR) is 137 cm³/mol. The summed E-state index contributed by atoms with van der Waals surface area (Å²) in [6, 6.07) is 16.2. The molecule has 10 saturated heterocycles. The molecule has 4 unspecified atom stereocenters. The standard InChI is InChI=1S/C25H31NP.C5H5.Fe/c1-17-11-18(2)14-22(13-17)27(23-15-19(3)12-20(4)16-23)25-10-8-9-24(25)21(5)26(6)7;1-2-4-5-3-1;/h8-16,21H,1-7H3;1-5H;/t21-;;/m0../s1. The van der Waals surface area contributed by atoms with Gasteiger partial charge in [0.25, 0.3) is 0 Å². The molecule has 10 aliphatic heterocycles. The molecule has 0 N–H and O–H groups in total. The Labute approximate surface area is 189 Å². The second-order valence-electron chi connectivity index (χ2n) is 16.4. The van der Waals surface area contributed by atoms with Crippen LogP contribution in [0.1, 0.15) is 29.2 Å². The number of aryl methyl sites for hydroxylation is 4. The van der Waals surface area contributed by atoms with Crippen LogP contribution in [0.3, 0.4) is 0 Å². The van der Waals surface area contributed by atoms with Gasteiger partial charge in [0, 0.05) is 0 Å². The van der Waals surface area contributed by atoms with Gasteiger partial charge in [-0.1, -0.05) is 0 Å². The Morgan fingerprint density at radius 3 is 1.45 bits per heavy atom. The number of hydrogen-bond donors (Lipinski definition) is 0. The van der Waals surface area contributed by atoms with Crippen LogP contribution in [0.2, 0.25) is 42.8 Å². The third-order valence-electron chi connectivity index (χ3n) is 19.5. The molecular formula is C30H36FeNP. The first-order valence-corrected chi connectivity index (χ1v) is 20.8. The van der Waals surface area contributed by atoms with Crippen molar-refractivity contribution in [1.82, 2.24) is 4.90 Å². The van der Waals surface area contributed by atoms with Crippen molar-refractivity contribution in [3.05, 3.63) is 58.7 Å². The molecular weight excluding hydrogens is 461 g/mol. The Morgan fingerprint density at radius 1 is 0.697 bits per heavy atom. The van der Waals surface area contributed by atoms with Gasteiger partial charge >= 0.3 is 190 Å². The molecule has 0 radical (unpaired) electrons. The third-order valence-corrected chi connectivity index (χ3v) is 69.6. The second-order valence-corrected chi connectivity index (χ2v) is 42.5. The molecule has 10 aliphatic rings. The monoisotopic (exact) mass is 497 g/mol. The van der Waals surface area contributed by atoms with Gasteiger partial charge in [0.15, 0.2) is 0 Å². The Morgan fingerprint density at radius 2 is 1.12 bits per heavy atom. The minimum atomic E-state index is -3.59. The van der Waals surface area contributed by atoms with E-state index < -0.39 is 6.51 Å². The summed E-state index contributed by atoms with van der Waals surface area (Å²) in [5, 5.41) is 3.54. The molecule has 12 rings (SSSR count). The van der Waals surface area contributed by atoms with E-state index in [4.69, 9.17) is 0 Å². The number of nitrogens with zero attached hydrogens (tertiary/aromatic N) is 1. The average Bonchev–Trinajstić information content (AvgIpc) is 3.66. The van der Waals surface area contributed by atoms with Crippen LogP contribution in [0, 0.1) is 27.7 Å². The van der Waals surface area contributed by atoms with E-state index in [0.717, 1.165) is 14.4 Å². The summed E-state index contributed by atoms with van der Waals surface area (Å²) >= 11 is 0. The van der Waals surface area contributed by atoms with Crippen molar-refractivity contribution in [3.63, 3.8) is 0 Å². The van der Waals surface area contributed by atoms with Crippen molar-refractivity contribution in [2.75, 3.05) is 14.1 Å². The van der Waals surface area contributed by atoms with Crippen molar-refractivity contribution < 1.29 is 6.51 Å². The molecule has 1 nitrogen and oxygen atoms in total.